The van der Waals surface area contributed by atoms with Crippen molar-refractivity contribution >= 4 is 5.96 Å². The van der Waals surface area contributed by atoms with Gasteiger partial charge in [-0.2, -0.15) is 0 Å². The molecule has 1 aromatic rings. The van der Waals surface area contributed by atoms with E-state index in [1.807, 2.05) is 19.2 Å². The molecule has 1 aliphatic heterocycles. The van der Waals surface area contributed by atoms with E-state index < -0.39 is 0 Å². The molecule has 0 bridgehead atoms. The lowest BCUT2D eigenvalue weighted by atomic mass is 10.1. The Hall–Kier alpha value is -1.62. The van der Waals surface area contributed by atoms with Crippen molar-refractivity contribution in [2.24, 2.45) is 10.9 Å². The van der Waals surface area contributed by atoms with E-state index in [0.717, 1.165) is 56.4 Å². The van der Waals surface area contributed by atoms with E-state index in [9.17, 15) is 4.39 Å². The van der Waals surface area contributed by atoms with Crippen molar-refractivity contribution in [2.45, 2.75) is 63.0 Å². The number of likely N-dealkylation sites (tertiary alicyclic amines) is 1. The van der Waals surface area contributed by atoms with Gasteiger partial charge in [0.05, 0.1) is 6.10 Å². The van der Waals surface area contributed by atoms with Gasteiger partial charge in [0, 0.05) is 38.7 Å². The largest absolute Gasteiger partial charge is 0.378 e. The second kappa shape index (κ2) is 8.59. The molecule has 1 saturated heterocycles. The number of nitrogens with zero attached hydrogens (tertiary/aromatic N) is 2. The average Bonchev–Trinajstić information content (AvgIpc) is 3.25. The number of aliphatic imine (C=N–C) groups is 1. The lowest BCUT2D eigenvalue weighted by Crippen LogP contribution is -2.48. The Morgan fingerprint density at radius 1 is 1.19 bits per heavy atom. The zero-order valence-electron chi connectivity index (χ0n) is 16.4. The van der Waals surface area contributed by atoms with Crippen LogP contribution in [0.1, 0.15) is 56.4 Å². The molecule has 1 N–H and O–H groups in total. The third kappa shape index (κ3) is 4.63. The molecule has 3 fully saturated rings. The molecule has 5 heteroatoms. The highest BCUT2D eigenvalue weighted by Crippen LogP contribution is 2.42. The van der Waals surface area contributed by atoms with Crippen molar-refractivity contribution in [1.82, 2.24) is 10.2 Å². The zero-order valence-corrected chi connectivity index (χ0v) is 16.4. The fourth-order valence-corrected chi connectivity index (χ4v) is 4.62. The molecule has 0 aromatic heterocycles. The van der Waals surface area contributed by atoms with E-state index in [-0.39, 0.29) is 17.8 Å². The van der Waals surface area contributed by atoms with Crippen molar-refractivity contribution in [1.29, 1.82) is 0 Å². The van der Waals surface area contributed by atoms with Crippen LogP contribution in [0.2, 0.25) is 0 Å². The minimum atomic E-state index is -0.0954. The Labute approximate surface area is 162 Å². The van der Waals surface area contributed by atoms with Gasteiger partial charge in [-0.15, -0.1) is 0 Å². The molecule has 27 heavy (non-hydrogen) atoms. The lowest BCUT2D eigenvalue weighted by molar-refractivity contribution is 0.00101. The number of benzene rings is 1. The molecule has 0 radical (unpaired) electrons. The van der Waals surface area contributed by atoms with Gasteiger partial charge in [0.25, 0.3) is 0 Å². The number of ether oxygens (including phenoxy) is 1. The van der Waals surface area contributed by atoms with Gasteiger partial charge in [0.15, 0.2) is 5.96 Å². The summed E-state index contributed by atoms with van der Waals surface area (Å²) in [4.78, 5) is 6.80. The summed E-state index contributed by atoms with van der Waals surface area (Å²) in [6, 6.07) is 7.41. The first-order valence-electron chi connectivity index (χ1n) is 10.6. The number of piperidine rings is 1. The predicted molar refractivity (Wildman–Crippen MR) is 107 cm³/mol. The molecule has 2 saturated carbocycles. The number of hydrogen-bond acceptors (Lipinski definition) is 2. The summed E-state index contributed by atoms with van der Waals surface area (Å²) in [5, 5.41) is 3.55. The number of nitrogens with one attached hydrogen (secondary N) is 1. The van der Waals surface area contributed by atoms with Crippen molar-refractivity contribution in [3.8, 4) is 0 Å². The maximum absolute atomic E-state index is 14.0. The first kappa shape index (κ1) is 18.7. The summed E-state index contributed by atoms with van der Waals surface area (Å²) in [7, 11) is 1.84. The SMILES string of the molecule is CN=C(NC1CC1c1ccccc1F)N1CCC(OCC2CCCC2)CC1. The molecular formula is C22H32FN3O. The number of guanidine groups is 1. The van der Waals surface area contributed by atoms with Crippen LogP contribution in [0.15, 0.2) is 29.3 Å². The van der Waals surface area contributed by atoms with Crippen LogP contribution in [0.5, 0.6) is 0 Å². The minimum Gasteiger partial charge on any atom is -0.378 e. The molecule has 0 spiro atoms. The Bertz CT molecular complexity index is 651. The van der Waals surface area contributed by atoms with Crippen LogP contribution in [0.4, 0.5) is 4.39 Å². The van der Waals surface area contributed by atoms with Gasteiger partial charge in [-0.05, 0) is 49.7 Å². The minimum absolute atomic E-state index is 0.0954. The highest BCUT2D eigenvalue weighted by molar-refractivity contribution is 5.80. The standard InChI is InChI=1S/C22H32FN3O/c1-24-22(25-21-14-19(21)18-8-4-5-9-20(18)23)26-12-10-17(11-13-26)27-15-16-6-2-3-7-16/h4-5,8-9,16-17,19,21H,2-3,6-7,10-15H2,1H3,(H,24,25). The predicted octanol–water partition coefficient (Wildman–Crippen LogP) is 3.93. The Kier molecular flexibility index (Phi) is 5.96. The van der Waals surface area contributed by atoms with Gasteiger partial charge < -0.3 is 15.0 Å². The molecule has 4 rings (SSSR count). The topological polar surface area (TPSA) is 36.9 Å². The van der Waals surface area contributed by atoms with E-state index in [2.05, 4.69) is 15.2 Å². The van der Waals surface area contributed by atoms with E-state index >= 15 is 0 Å². The van der Waals surface area contributed by atoms with Crippen LogP contribution >= 0.6 is 0 Å². The summed E-state index contributed by atoms with van der Waals surface area (Å²) >= 11 is 0. The molecule has 3 aliphatic rings. The monoisotopic (exact) mass is 373 g/mol. The summed E-state index contributed by atoms with van der Waals surface area (Å²) < 4.78 is 20.2. The van der Waals surface area contributed by atoms with Gasteiger partial charge >= 0.3 is 0 Å². The summed E-state index contributed by atoms with van der Waals surface area (Å²) in [5.74, 6) is 1.91. The molecule has 2 unspecified atom stereocenters. The molecule has 4 nitrogen and oxygen atoms in total. The third-order valence-electron chi connectivity index (χ3n) is 6.41. The van der Waals surface area contributed by atoms with E-state index in [1.165, 1.54) is 25.7 Å². The van der Waals surface area contributed by atoms with Gasteiger partial charge in [-0.1, -0.05) is 31.0 Å². The maximum atomic E-state index is 14.0. The van der Waals surface area contributed by atoms with Crippen LogP contribution in [0, 0.1) is 11.7 Å². The van der Waals surface area contributed by atoms with Gasteiger partial charge in [-0.3, -0.25) is 4.99 Å². The van der Waals surface area contributed by atoms with Gasteiger partial charge in [0.1, 0.15) is 5.82 Å². The summed E-state index contributed by atoms with van der Waals surface area (Å²) in [5.41, 5.74) is 0.824. The van der Waals surface area contributed by atoms with Crippen LogP contribution < -0.4 is 5.32 Å². The first-order chi connectivity index (χ1) is 13.2. The van der Waals surface area contributed by atoms with Crippen molar-refractivity contribution < 1.29 is 9.13 Å². The van der Waals surface area contributed by atoms with E-state index in [1.54, 1.807) is 12.1 Å². The van der Waals surface area contributed by atoms with Crippen LogP contribution in [-0.4, -0.2) is 49.7 Å². The fraction of sp³-hybridized carbons (Fsp3) is 0.682. The number of halogens is 1. The molecule has 148 valence electrons. The molecule has 0 amide bonds. The summed E-state index contributed by atoms with van der Waals surface area (Å²) in [6.45, 7) is 2.90. The lowest BCUT2D eigenvalue weighted by Gasteiger charge is -2.34. The third-order valence-corrected chi connectivity index (χ3v) is 6.41. The number of hydrogen-bond donors (Lipinski definition) is 1. The Morgan fingerprint density at radius 3 is 2.63 bits per heavy atom. The van der Waals surface area contributed by atoms with Crippen LogP contribution in [0.25, 0.3) is 0 Å². The van der Waals surface area contributed by atoms with Crippen molar-refractivity contribution in [2.75, 3.05) is 26.7 Å². The molecule has 1 heterocycles. The highest BCUT2D eigenvalue weighted by Gasteiger charge is 2.41. The second-order valence-corrected chi connectivity index (χ2v) is 8.33. The molecule has 2 atom stereocenters. The van der Waals surface area contributed by atoms with Crippen LogP contribution in [-0.2, 0) is 4.74 Å². The van der Waals surface area contributed by atoms with E-state index in [0.29, 0.717) is 6.10 Å². The Morgan fingerprint density at radius 2 is 1.93 bits per heavy atom. The average molecular weight is 374 g/mol. The molecule has 2 aliphatic carbocycles. The fourth-order valence-electron chi connectivity index (χ4n) is 4.62. The first-order valence-corrected chi connectivity index (χ1v) is 10.6. The molecular weight excluding hydrogens is 341 g/mol. The normalized spacial score (nSPS) is 27.2. The van der Waals surface area contributed by atoms with Crippen LogP contribution in [0.3, 0.4) is 0 Å². The maximum Gasteiger partial charge on any atom is 0.193 e. The smallest absolute Gasteiger partial charge is 0.193 e. The quantitative estimate of drug-likeness (QED) is 0.628. The number of rotatable bonds is 5. The zero-order chi connectivity index (χ0) is 18.6. The second-order valence-electron chi connectivity index (χ2n) is 8.33. The van der Waals surface area contributed by atoms with Crippen molar-refractivity contribution in [3.05, 3.63) is 35.6 Å². The molecule has 1 aromatic carbocycles. The summed E-state index contributed by atoms with van der Waals surface area (Å²) in [6.07, 6.45) is 8.95. The van der Waals surface area contributed by atoms with Gasteiger partial charge in [0.2, 0.25) is 0 Å². The Balaban J connectivity index is 1.22. The van der Waals surface area contributed by atoms with E-state index in [4.69, 9.17) is 4.74 Å². The van der Waals surface area contributed by atoms with Gasteiger partial charge in [-0.25, -0.2) is 4.39 Å². The highest BCUT2D eigenvalue weighted by atomic mass is 19.1. The van der Waals surface area contributed by atoms with Crippen molar-refractivity contribution in [3.63, 3.8) is 0 Å².